The monoisotopic (exact) mass is 312 g/mol. The Kier molecular flexibility index (Phi) is 3.45. The normalized spacial score (nSPS) is 15.0. The van der Waals surface area contributed by atoms with E-state index in [2.05, 4.69) is 33.2 Å². The van der Waals surface area contributed by atoms with Crippen LogP contribution < -0.4 is 0 Å². The Bertz CT molecular complexity index is 844. The average Bonchev–Trinajstić information content (AvgIpc) is 3.20. The molecule has 1 fully saturated rings. The molecule has 0 bridgehead atoms. The Hall–Kier alpha value is -2.14. The van der Waals surface area contributed by atoms with Gasteiger partial charge < -0.3 is 4.98 Å². The van der Waals surface area contributed by atoms with Crippen molar-refractivity contribution in [3.05, 3.63) is 52.7 Å². The van der Waals surface area contributed by atoms with E-state index in [1.165, 1.54) is 24.6 Å². The highest BCUT2D eigenvalue weighted by Crippen LogP contribution is 2.39. The van der Waals surface area contributed by atoms with Gasteiger partial charge in [0.2, 0.25) is 0 Å². The van der Waals surface area contributed by atoms with Gasteiger partial charge in [-0.2, -0.15) is 5.10 Å². The average molecular weight is 312 g/mol. The summed E-state index contributed by atoms with van der Waals surface area (Å²) >= 11 is 0. The van der Waals surface area contributed by atoms with Crippen molar-refractivity contribution in [3.8, 4) is 0 Å². The lowest BCUT2D eigenvalue weighted by Crippen LogP contribution is -2.18. The van der Waals surface area contributed by atoms with Gasteiger partial charge in [-0.05, 0) is 56.6 Å². The fourth-order valence-electron chi connectivity index (χ4n) is 3.18. The van der Waals surface area contributed by atoms with Crippen molar-refractivity contribution in [2.45, 2.75) is 38.8 Å². The third-order valence-electron chi connectivity index (χ3n) is 4.64. The second-order valence-corrected chi connectivity index (χ2v) is 6.68. The van der Waals surface area contributed by atoms with Gasteiger partial charge >= 0.3 is 0 Å². The Labute approximate surface area is 134 Å². The predicted molar refractivity (Wildman–Crippen MR) is 88.7 cm³/mol. The number of hydrogen-bond acceptors (Lipinski definition) is 2. The van der Waals surface area contributed by atoms with E-state index < -0.39 is 0 Å². The van der Waals surface area contributed by atoms with Crippen molar-refractivity contribution in [3.63, 3.8) is 0 Å². The summed E-state index contributed by atoms with van der Waals surface area (Å²) in [7, 11) is 2.09. The van der Waals surface area contributed by atoms with E-state index in [-0.39, 0.29) is 5.82 Å². The van der Waals surface area contributed by atoms with Crippen LogP contribution in [0.15, 0.2) is 24.3 Å². The molecule has 2 N–H and O–H groups in total. The molecule has 1 saturated carbocycles. The van der Waals surface area contributed by atoms with Crippen molar-refractivity contribution in [1.82, 2.24) is 20.1 Å². The first-order chi connectivity index (χ1) is 11.1. The topological polar surface area (TPSA) is 47.7 Å². The lowest BCUT2D eigenvalue weighted by molar-refractivity contribution is 0.311. The van der Waals surface area contributed by atoms with E-state index in [1.807, 2.05) is 6.92 Å². The third-order valence-corrected chi connectivity index (χ3v) is 4.64. The minimum Gasteiger partial charge on any atom is -0.357 e. The maximum absolute atomic E-state index is 13.4. The van der Waals surface area contributed by atoms with Crippen LogP contribution in [0.5, 0.6) is 0 Å². The van der Waals surface area contributed by atoms with Crippen LogP contribution in [-0.2, 0) is 13.1 Å². The number of benzene rings is 1. The SMILES string of the molecule is Cc1c(CN(C)Cc2cc(C3CC3)n[nH]2)[nH]c2ccc(F)cc12. The van der Waals surface area contributed by atoms with Gasteiger partial charge in [-0.25, -0.2) is 4.39 Å². The maximum Gasteiger partial charge on any atom is 0.123 e. The number of aromatic nitrogens is 3. The van der Waals surface area contributed by atoms with Crippen molar-refractivity contribution in [1.29, 1.82) is 0 Å². The zero-order valence-electron chi connectivity index (χ0n) is 13.5. The number of halogens is 1. The molecule has 0 unspecified atom stereocenters. The number of nitrogens with zero attached hydrogens (tertiary/aromatic N) is 2. The molecule has 0 saturated heterocycles. The minimum atomic E-state index is -0.190. The fourth-order valence-corrected chi connectivity index (χ4v) is 3.18. The second-order valence-electron chi connectivity index (χ2n) is 6.68. The maximum atomic E-state index is 13.4. The summed E-state index contributed by atoms with van der Waals surface area (Å²) in [6.45, 7) is 3.66. The number of H-pyrrole nitrogens is 2. The van der Waals surface area contributed by atoms with E-state index in [9.17, 15) is 4.39 Å². The van der Waals surface area contributed by atoms with Crippen LogP contribution in [0.2, 0.25) is 0 Å². The molecule has 0 radical (unpaired) electrons. The number of aryl methyl sites for hydroxylation is 1. The van der Waals surface area contributed by atoms with E-state index in [1.54, 1.807) is 12.1 Å². The molecule has 1 aliphatic rings. The second kappa shape index (κ2) is 5.49. The Morgan fingerprint density at radius 3 is 2.87 bits per heavy atom. The molecule has 2 aromatic heterocycles. The van der Waals surface area contributed by atoms with Crippen LogP contribution in [0, 0.1) is 12.7 Å². The number of fused-ring (bicyclic) bond motifs is 1. The molecular formula is C18H21FN4. The molecule has 1 aliphatic carbocycles. The standard InChI is InChI=1S/C18H21FN4/c1-11-15-7-13(19)5-6-16(15)20-18(11)10-23(2)9-14-8-17(22-21-14)12-3-4-12/h5-8,12,20H,3-4,9-10H2,1-2H3,(H,21,22). The highest BCUT2D eigenvalue weighted by molar-refractivity contribution is 5.84. The molecule has 0 amide bonds. The smallest absolute Gasteiger partial charge is 0.123 e. The molecule has 0 spiro atoms. The van der Waals surface area contributed by atoms with Gasteiger partial charge in [0.15, 0.2) is 0 Å². The van der Waals surface area contributed by atoms with Crippen molar-refractivity contribution in [2.24, 2.45) is 0 Å². The van der Waals surface area contributed by atoms with Crippen molar-refractivity contribution < 1.29 is 4.39 Å². The molecule has 5 heteroatoms. The highest BCUT2D eigenvalue weighted by atomic mass is 19.1. The van der Waals surface area contributed by atoms with Gasteiger partial charge in [0.1, 0.15) is 5.82 Å². The molecule has 1 aromatic carbocycles. The molecule has 0 aliphatic heterocycles. The third kappa shape index (κ3) is 2.88. The predicted octanol–water partition coefficient (Wildman–Crippen LogP) is 3.85. The fraction of sp³-hybridized carbons (Fsp3) is 0.389. The first-order valence-corrected chi connectivity index (χ1v) is 8.09. The van der Waals surface area contributed by atoms with Gasteiger partial charge in [0, 0.05) is 41.3 Å². The van der Waals surface area contributed by atoms with Crippen molar-refractivity contribution in [2.75, 3.05) is 7.05 Å². The molecule has 0 atom stereocenters. The van der Waals surface area contributed by atoms with Gasteiger partial charge in [-0.1, -0.05) is 0 Å². The number of rotatable bonds is 5. The lowest BCUT2D eigenvalue weighted by atomic mass is 10.1. The lowest BCUT2D eigenvalue weighted by Gasteiger charge is -2.15. The van der Waals surface area contributed by atoms with Gasteiger partial charge in [-0.3, -0.25) is 10.00 Å². The van der Waals surface area contributed by atoms with Crippen LogP contribution in [0.4, 0.5) is 4.39 Å². The quantitative estimate of drug-likeness (QED) is 0.752. The number of hydrogen-bond donors (Lipinski definition) is 2. The Morgan fingerprint density at radius 1 is 1.26 bits per heavy atom. The number of aromatic amines is 2. The summed E-state index contributed by atoms with van der Waals surface area (Å²) in [5.41, 5.74) is 5.59. The minimum absolute atomic E-state index is 0.190. The van der Waals surface area contributed by atoms with E-state index >= 15 is 0 Å². The zero-order chi connectivity index (χ0) is 16.0. The van der Waals surface area contributed by atoms with Crippen LogP contribution in [0.3, 0.4) is 0 Å². The molecule has 120 valence electrons. The summed E-state index contributed by atoms with van der Waals surface area (Å²) in [6, 6.07) is 7.08. The van der Waals surface area contributed by atoms with Crippen molar-refractivity contribution >= 4 is 10.9 Å². The summed E-state index contributed by atoms with van der Waals surface area (Å²) in [5, 5.41) is 8.50. The first-order valence-electron chi connectivity index (χ1n) is 8.09. The summed E-state index contributed by atoms with van der Waals surface area (Å²) in [6.07, 6.45) is 2.54. The summed E-state index contributed by atoms with van der Waals surface area (Å²) < 4.78 is 13.4. The number of nitrogens with one attached hydrogen (secondary N) is 2. The van der Waals surface area contributed by atoms with Gasteiger partial charge in [-0.15, -0.1) is 0 Å². The molecule has 4 nitrogen and oxygen atoms in total. The van der Waals surface area contributed by atoms with Crippen LogP contribution in [-0.4, -0.2) is 27.1 Å². The van der Waals surface area contributed by atoms with Gasteiger partial charge in [0.05, 0.1) is 5.69 Å². The van der Waals surface area contributed by atoms with Crippen LogP contribution >= 0.6 is 0 Å². The molecule has 3 aromatic rings. The van der Waals surface area contributed by atoms with Gasteiger partial charge in [0.25, 0.3) is 0 Å². The van der Waals surface area contributed by atoms with E-state index in [0.29, 0.717) is 5.92 Å². The Morgan fingerprint density at radius 2 is 2.09 bits per heavy atom. The Balaban J connectivity index is 1.49. The molecule has 4 rings (SSSR count). The highest BCUT2D eigenvalue weighted by Gasteiger charge is 2.26. The van der Waals surface area contributed by atoms with E-state index in [4.69, 9.17) is 0 Å². The molecule has 23 heavy (non-hydrogen) atoms. The molecular weight excluding hydrogens is 291 g/mol. The zero-order valence-corrected chi connectivity index (χ0v) is 13.5. The largest absolute Gasteiger partial charge is 0.357 e. The van der Waals surface area contributed by atoms with Crippen LogP contribution in [0.1, 0.15) is 41.4 Å². The van der Waals surface area contributed by atoms with E-state index in [0.717, 1.165) is 40.9 Å². The molecule has 2 heterocycles. The first kappa shape index (κ1) is 14.5. The van der Waals surface area contributed by atoms with Crippen LogP contribution in [0.25, 0.3) is 10.9 Å². The summed E-state index contributed by atoms with van der Waals surface area (Å²) in [4.78, 5) is 5.64. The summed E-state index contributed by atoms with van der Waals surface area (Å²) in [5.74, 6) is 0.487.